The first-order valence-electron chi connectivity index (χ1n) is 11.2. The van der Waals surface area contributed by atoms with E-state index in [1.54, 1.807) is 23.0 Å². The molecule has 8 nitrogen and oxygen atoms in total. The highest BCUT2D eigenvalue weighted by Crippen LogP contribution is 2.24. The summed E-state index contributed by atoms with van der Waals surface area (Å²) in [5, 5.41) is 3.99. The first kappa shape index (κ1) is 23.0. The van der Waals surface area contributed by atoms with E-state index in [0.29, 0.717) is 17.3 Å². The van der Waals surface area contributed by atoms with Crippen LogP contribution in [-0.2, 0) is 9.84 Å². The van der Waals surface area contributed by atoms with Crippen molar-refractivity contribution >= 4 is 38.4 Å². The fourth-order valence-electron chi connectivity index (χ4n) is 4.05. The van der Waals surface area contributed by atoms with E-state index in [-0.39, 0.29) is 30.2 Å². The number of benzene rings is 2. The molecule has 2 aromatic carbocycles. The molecule has 0 atom stereocenters. The molecule has 1 amide bonds. The van der Waals surface area contributed by atoms with E-state index in [9.17, 15) is 13.2 Å². The van der Waals surface area contributed by atoms with E-state index in [1.807, 2.05) is 38.1 Å². The molecule has 0 spiro atoms. The zero-order valence-corrected chi connectivity index (χ0v) is 20.1. The van der Waals surface area contributed by atoms with E-state index < -0.39 is 21.6 Å². The van der Waals surface area contributed by atoms with Gasteiger partial charge in [0, 0.05) is 42.2 Å². The van der Waals surface area contributed by atoms with Gasteiger partial charge in [-0.1, -0.05) is 6.07 Å². The highest BCUT2D eigenvalue weighted by molar-refractivity contribution is 7.91. The second kappa shape index (κ2) is 8.77. The largest absolute Gasteiger partial charge is 0.337 e. The number of nitrogens with zero attached hydrogens (tertiary/aromatic N) is 4. The molecule has 5 rings (SSSR count). The number of anilines is 2. The Hall–Kier alpha value is -3.79. The maximum atomic E-state index is 15.0. The van der Waals surface area contributed by atoms with Crippen LogP contribution >= 0.6 is 0 Å². The zero-order chi connectivity index (χ0) is 24.7. The molecule has 4 aromatic rings. The fourth-order valence-corrected chi connectivity index (χ4v) is 5.25. The van der Waals surface area contributed by atoms with Gasteiger partial charge in [0.05, 0.1) is 17.1 Å². The average Bonchev–Trinajstić information content (AvgIpc) is 3.24. The molecule has 180 valence electrons. The van der Waals surface area contributed by atoms with Gasteiger partial charge in [0.2, 0.25) is 5.95 Å². The summed E-state index contributed by atoms with van der Waals surface area (Å²) >= 11 is 0. The van der Waals surface area contributed by atoms with Gasteiger partial charge < -0.3 is 14.8 Å². The summed E-state index contributed by atoms with van der Waals surface area (Å²) in [4.78, 5) is 23.1. The number of nitrogens with one attached hydrogen (secondary N) is 1. The van der Waals surface area contributed by atoms with Crippen molar-refractivity contribution in [3.05, 3.63) is 77.4 Å². The third kappa shape index (κ3) is 4.61. The normalized spacial score (nSPS) is 15.3. The van der Waals surface area contributed by atoms with Crippen LogP contribution in [0, 0.1) is 19.7 Å². The Morgan fingerprint density at radius 1 is 1.03 bits per heavy atom. The van der Waals surface area contributed by atoms with Crippen LogP contribution in [0.1, 0.15) is 21.5 Å². The summed E-state index contributed by atoms with van der Waals surface area (Å²) in [6.07, 6.45) is 3.46. The number of aryl methyl sites for hydroxylation is 2. The molecule has 0 unspecified atom stereocenters. The minimum Gasteiger partial charge on any atom is -0.337 e. The van der Waals surface area contributed by atoms with Crippen LogP contribution in [0.3, 0.4) is 0 Å². The summed E-state index contributed by atoms with van der Waals surface area (Å²) in [5.74, 6) is -0.986. The van der Waals surface area contributed by atoms with Crippen molar-refractivity contribution < 1.29 is 17.6 Å². The molecule has 1 aliphatic heterocycles. The first-order valence-corrected chi connectivity index (χ1v) is 13.0. The minimum absolute atomic E-state index is 0.0673. The van der Waals surface area contributed by atoms with E-state index in [2.05, 4.69) is 15.3 Å². The number of sulfone groups is 1. The van der Waals surface area contributed by atoms with Crippen molar-refractivity contribution in [3.63, 3.8) is 0 Å². The number of amides is 1. The standard InChI is InChI=1S/C25H24FN5O3S/c1-16-3-4-19(13-17(16)2)28-25-27-15-18-7-8-31(23(18)29-25)20-5-6-21(22(26)14-20)24(32)30-9-11-35(33,34)12-10-30/h3-8,13-15H,9-12H2,1-2H3,(H,27,28,29). The minimum atomic E-state index is -3.13. The number of carbonyl (C=O) groups excluding carboxylic acids is 1. The van der Waals surface area contributed by atoms with E-state index in [0.717, 1.165) is 16.6 Å². The smallest absolute Gasteiger partial charge is 0.256 e. The monoisotopic (exact) mass is 493 g/mol. The van der Waals surface area contributed by atoms with Crippen LogP contribution in [-0.4, -0.2) is 58.4 Å². The molecular formula is C25H24FN5O3S. The molecule has 1 fully saturated rings. The third-order valence-corrected chi connectivity index (χ3v) is 7.89. The number of hydrogen-bond acceptors (Lipinski definition) is 6. The van der Waals surface area contributed by atoms with Crippen LogP contribution in [0.5, 0.6) is 0 Å². The van der Waals surface area contributed by atoms with E-state index in [4.69, 9.17) is 0 Å². The van der Waals surface area contributed by atoms with E-state index in [1.165, 1.54) is 22.6 Å². The molecule has 0 aliphatic carbocycles. The van der Waals surface area contributed by atoms with Crippen LogP contribution in [0.15, 0.2) is 54.9 Å². The van der Waals surface area contributed by atoms with Crippen molar-refractivity contribution in [2.75, 3.05) is 29.9 Å². The molecule has 0 saturated carbocycles. The highest BCUT2D eigenvalue weighted by atomic mass is 32.2. The lowest BCUT2D eigenvalue weighted by Gasteiger charge is -2.27. The average molecular weight is 494 g/mol. The Morgan fingerprint density at radius 2 is 1.80 bits per heavy atom. The maximum absolute atomic E-state index is 15.0. The van der Waals surface area contributed by atoms with Gasteiger partial charge in [-0.25, -0.2) is 17.8 Å². The zero-order valence-electron chi connectivity index (χ0n) is 19.3. The Labute approximate surface area is 202 Å². The molecule has 35 heavy (non-hydrogen) atoms. The number of rotatable bonds is 4. The predicted octanol–water partition coefficient (Wildman–Crippen LogP) is 3.79. The second-order valence-electron chi connectivity index (χ2n) is 8.69. The Balaban J connectivity index is 1.42. The number of hydrogen-bond donors (Lipinski definition) is 1. The molecule has 10 heteroatoms. The summed E-state index contributed by atoms with van der Waals surface area (Å²) in [5.41, 5.74) is 4.21. The van der Waals surface area contributed by atoms with Gasteiger partial charge in [-0.15, -0.1) is 0 Å². The van der Waals surface area contributed by atoms with Crippen molar-refractivity contribution in [1.29, 1.82) is 0 Å². The van der Waals surface area contributed by atoms with Crippen molar-refractivity contribution in [3.8, 4) is 5.69 Å². The van der Waals surface area contributed by atoms with Gasteiger partial charge in [-0.3, -0.25) is 4.79 Å². The predicted molar refractivity (Wildman–Crippen MR) is 133 cm³/mol. The lowest BCUT2D eigenvalue weighted by atomic mass is 10.1. The first-order chi connectivity index (χ1) is 16.7. The Kier molecular flexibility index (Phi) is 5.76. The van der Waals surface area contributed by atoms with E-state index >= 15 is 4.39 Å². The SMILES string of the molecule is Cc1ccc(Nc2ncc3ccn(-c4ccc(C(=O)N5CCS(=O)(=O)CC5)c(F)c4)c3n2)cc1C. The lowest BCUT2D eigenvalue weighted by molar-refractivity contribution is 0.0765. The molecule has 2 aromatic heterocycles. The summed E-state index contributed by atoms with van der Waals surface area (Å²) in [7, 11) is -3.13. The van der Waals surface area contributed by atoms with Crippen molar-refractivity contribution in [2.45, 2.75) is 13.8 Å². The molecule has 3 heterocycles. The van der Waals surface area contributed by atoms with Gasteiger partial charge >= 0.3 is 0 Å². The maximum Gasteiger partial charge on any atom is 0.256 e. The number of aromatic nitrogens is 3. The molecule has 0 radical (unpaired) electrons. The van der Waals surface area contributed by atoms with Gasteiger partial charge in [0.25, 0.3) is 5.91 Å². The Bertz CT molecular complexity index is 1550. The summed E-state index contributed by atoms with van der Waals surface area (Å²) in [6, 6.07) is 12.2. The molecule has 1 N–H and O–H groups in total. The number of carbonyl (C=O) groups is 1. The van der Waals surface area contributed by atoms with Crippen LogP contribution < -0.4 is 5.32 Å². The Morgan fingerprint density at radius 3 is 2.51 bits per heavy atom. The van der Waals surface area contributed by atoms with Gasteiger partial charge in [-0.05, 0) is 61.4 Å². The second-order valence-corrected chi connectivity index (χ2v) is 11.0. The van der Waals surface area contributed by atoms with Crippen LogP contribution in [0.25, 0.3) is 16.7 Å². The quantitative estimate of drug-likeness (QED) is 0.465. The van der Waals surface area contributed by atoms with Crippen LogP contribution in [0.4, 0.5) is 16.0 Å². The lowest BCUT2D eigenvalue weighted by Crippen LogP contribution is -2.44. The number of halogens is 1. The topological polar surface area (TPSA) is 97.2 Å². The van der Waals surface area contributed by atoms with Crippen molar-refractivity contribution in [2.24, 2.45) is 0 Å². The molecule has 0 bridgehead atoms. The molecular weight excluding hydrogens is 469 g/mol. The third-order valence-electron chi connectivity index (χ3n) is 6.28. The fraction of sp³-hybridized carbons (Fsp3) is 0.240. The van der Waals surface area contributed by atoms with Crippen molar-refractivity contribution in [1.82, 2.24) is 19.4 Å². The van der Waals surface area contributed by atoms with Gasteiger partial charge in [0.15, 0.2) is 9.84 Å². The summed E-state index contributed by atoms with van der Waals surface area (Å²) < 4.78 is 40.0. The molecule has 1 saturated heterocycles. The van der Waals surface area contributed by atoms with Gasteiger partial charge in [0.1, 0.15) is 11.5 Å². The molecule has 1 aliphatic rings. The highest BCUT2D eigenvalue weighted by Gasteiger charge is 2.27. The van der Waals surface area contributed by atoms with Crippen LogP contribution in [0.2, 0.25) is 0 Å². The van der Waals surface area contributed by atoms with Gasteiger partial charge in [-0.2, -0.15) is 4.98 Å². The summed E-state index contributed by atoms with van der Waals surface area (Å²) in [6.45, 7) is 4.21. The number of fused-ring (bicyclic) bond motifs is 1.